The number of sulfonamides is 1. The van der Waals surface area contributed by atoms with Crippen molar-refractivity contribution in [3.8, 4) is 0 Å². The summed E-state index contributed by atoms with van der Waals surface area (Å²) in [4.78, 5) is 3.93. The quantitative estimate of drug-likeness (QED) is 0.797. The summed E-state index contributed by atoms with van der Waals surface area (Å²) in [5, 5.41) is 0.485. The lowest BCUT2D eigenvalue weighted by atomic mass is 10.1. The van der Waals surface area contributed by atoms with Gasteiger partial charge in [0, 0.05) is 18.8 Å². The molecular weight excluding hydrogens is 272 g/mol. The smallest absolute Gasteiger partial charge is 0.211 e. The molecule has 0 aliphatic carbocycles. The summed E-state index contributed by atoms with van der Waals surface area (Å²) in [5.74, 6) is 0. The Hall–Kier alpha value is -0.650. The SMILES string of the molecule is CS(=O)(=O)N1CCC[C@H]1CCc1ccnc(Cl)c1. The Labute approximate surface area is 113 Å². The third-order valence-electron chi connectivity index (χ3n) is 3.31. The maximum absolute atomic E-state index is 11.6. The van der Waals surface area contributed by atoms with E-state index in [1.165, 1.54) is 6.26 Å². The summed E-state index contributed by atoms with van der Waals surface area (Å²) in [5.41, 5.74) is 1.11. The maximum atomic E-state index is 11.6. The van der Waals surface area contributed by atoms with E-state index in [0.717, 1.165) is 31.2 Å². The highest BCUT2D eigenvalue weighted by atomic mass is 35.5. The van der Waals surface area contributed by atoms with Crippen LogP contribution in [-0.2, 0) is 16.4 Å². The molecule has 0 radical (unpaired) electrons. The van der Waals surface area contributed by atoms with E-state index in [4.69, 9.17) is 11.6 Å². The monoisotopic (exact) mass is 288 g/mol. The molecule has 1 aliphatic heterocycles. The second-order valence-corrected chi connectivity index (χ2v) is 7.02. The number of hydrogen-bond acceptors (Lipinski definition) is 3. The molecule has 0 N–H and O–H groups in total. The molecule has 1 saturated heterocycles. The van der Waals surface area contributed by atoms with E-state index in [1.807, 2.05) is 12.1 Å². The first-order chi connectivity index (χ1) is 8.47. The molecule has 100 valence electrons. The average molecular weight is 289 g/mol. The molecule has 0 saturated carbocycles. The lowest BCUT2D eigenvalue weighted by molar-refractivity contribution is 0.373. The van der Waals surface area contributed by atoms with Gasteiger partial charge in [-0.3, -0.25) is 0 Å². The van der Waals surface area contributed by atoms with E-state index >= 15 is 0 Å². The number of nitrogens with zero attached hydrogens (tertiary/aromatic N) is 2. The van der Waals surface area contributed by atoms with Gasteiger partial charge in [-0.05, 0) is 43.4 Å². The molecule has 6 heteroatoms. The third-order valence-corrected chi connectivity index (χ3v) is 4.85. The molecule has 2 heterocycles. The Kier molecular flexibility index (Phi) is 4.25. The van der Waals surface area contributed by atoms with Gasteiger partial charge in [0.25, 0.3) is 0 Å². The fourth-order valence-corrected chi connectivity index (χ4v) is 3.88. The van der Waals surface area contributed by atoms with E-state index in [-0.39, 0.29) is 6.04 Å². The number of halogens is 1. The van der Waals surface area contributed by atoms with Gasteiger partial charge in [0.15, 0.2) is 0 Å². The predicted octanol–water partition coefficient (Wildman–Crippen LogP) is 2.09. The van der Waals surface area contributed by atoms with E-state index in [1.54, 1.807) is 10.5 Å². The van der Waals surface area contributed by atoms with Crippen molar-refractivity contribution in [3.63, 3.8) is 0 Å². The number of rotatable bonds is 4. The molecule has 1 fully saturated rings. The minimum Gasteiger partial charge on any atom is -0.245 e. The van der Waals surface area contributed by atoms with Crippen LogP contribution in [0.1, 0.15) is 24.8 Å². The van der Waals surface area contributed by atoms with Crippen LogP contribution in [0.2, 0.25) is 5.15 Å². The first-order valence-electron chi connectivity index (χ1n) is 6.04. The first kappa shape index (κ1) is 13.8. The molecule has 0 bridgehead atoms. The summed E-state index contributed by atoms with van der Waals surface area (Å²) in [7, 11) is -3.07. The number of aryl methyl sites for hydroxylation is 1. The minimum absolute atomic E-state index is 0.131. The summed E-state index contributed by atoms with van der Waals surface area (Å²) >= 11 is 5.82. The zero-order valence-corrected chi connectivity index (χ0v) is 11.9. The molecule has 1 aromatic rings. The maximum Gasteiger partial charge on any atom is 0.211 e. The van der Waals surface area contributed by atoms with Crippen molar-refractivity contribution < 1.29 is 8.42 Å². The molecule has 0 aromatic carbocycles. The van der Waals surface area contributed by atoms with Crippen LogP contribution < -0.4 is 0 Å². The fourth-order valence-electron chi connectivity index (χ4n) is 2.47. The molecule has 4 nitrogen and oxygen atoms in total. The van der Waals surface area contributed by atoms with Gasteiger partial charge < -0.3 is 0 Å². The van der Waals surface area contributed by atoms with Crippen LogP contribution in [0.3, 0.4) is 0 Å². The lowest BCUT2D eigenvalue weighted by Crippen LogP contribution is -2.34. The van der Waals surface area contributed by atoms with Crippen molar-refractivity contribution in [1.82, 2.24) is 9.29 Å². The normalized spacial score (nSPS) is 21.3. The van der Waals surface area contributed by atoms with Crippen LogP contribution in [0.4, 0.5) is 0 Å². The molecule has 18 heavy (non-hydrogen) atoms. The van der Waals surface area contributed by atoms with Crippen LogP contribution in [0, 0.1) is 0 Å². The summed E-state index contributed by atoms with van der Waals surface area (Å²) in [6.45, 7) is 0.653. The topological polar surface area (TPSA) is 50.3 Å². The Morgan fingerprint density at radius 3 is 3.00 bits per heavy atom. The second-order valence-electron chi connectivity index (χ2n) is 4.70. The highest BCUT2D eigenvalue weighted by molar-refractivity contribution is 7.88. The van der Waals surface area contributed by atoms with Crippen molar-refractivity contribution in [1.29, 1.82) is 0 Å². The van der Waals surface area contributed by atoms with Gasteiger partial charge in [-0.1, -0.05) is 11.6 Å². The molecule has 1 aromatic heterocycles. The van der Waals surface area contributed by atoms with Gasteiger partial charge in [-0.15, -0.1) is 0 Å². The fraction of sp³-hybridized carbons (Fsp3) is 0.583. The zero-order valence-electron chi connectivity index (χ0n) is 10.3. The van der Waals surface area contributed by atoms with Crippen molar-refractivity contribution in [2.75, 3.05) is 12.8 Å². The van der Waals surface area contributed by atoms with Gasteiger partial charge in [0.2, 0.25) is 10.0 Å². The van der Waals surface area contributed by atoms with E-state index in [2.05, 4.69) is 4.98 Å². The Bertz CT molecular complexity index is 519. The van der Waals surface area contributed by atoms with Gasteiger partial charge in [0.1, 0.15) is 5.15 Å². The average Bonchev–Trinajstić information content (AvgIpc) is 2.74. The van der Waals surface area contributed by atoms with Crippen LogP contribution in [0.5, 0.6) is 0 Å². The first-order valence-corrected chi connectivity index (χ1v) is 8.27. The lowest BCUT2D eigenvalue weighted by Gasteiger charge is -2.21. The summed E-state index contributed by atoms with van der Waals surface area (Å²) in [6, 6.07) is 3.89. The molecule has 1 aliphatic rings. The van der Waals surface area contributed by atoms with Crippen molar-refractivity contribution in [3.05, 3.63) is 29.0 Å². The van der Waals surface area contributed by atoms with Crippen molar-refractivity contribution in [2.24, 2.45) is 0 Å². The predicted molar refractivity (Wildman–Crippen MR) is 72.1 cm³/mol. The largest absolute Gasteiger partial charge is 0.245 e. The Balaban J connectivity index is 1.98. The van der Waals surface area contributed by atoms with Crippen LogP contribution in [0.15, 0.2) is 18.3 Å². The highest BCUT2D eigenvalue weighted by Crippen LogP contribution is 2.24. The Morgan fingerprint density at radius 2 is 2.33 bits per heavy atom. The molecular formula is C12H17ClN2O2S. The molecule has 0 unspecified atom stereocenters. The number of hydrogen-bond donors (Lipinski definition) is 0. The zero-order chi connectivity index (χ0) is 13.2. The van der Waals surface area contributed by atoms with Crippen LogP contribution in [-0.4, -0.2) is 36.5 Å². The molecule has 1 atom stereocenters. The molecule has 0 spiro atoms. The van der Waals surface area contributed by atoms with Crippen LogP contribution in [0.25, 0.3) is 0 Å². The van der Waals surface area contributed by atoms with Crippen LogP contribution >= 0.6 is 11.6 Å². The van der Waals surface area contributed by atoms with Gasteiger partial charge in [0.05, 0.1) is 6.26 Å². The third kappa shape index (κ3) is 3.43. The van der Waals surface area contributed by atoms with Gasteiger partial charge in [-0.25, -0.2) is 13.4 Å². The Morgan fingerprint density at radius 1 is 1.56 bits per heavy atom. The molecule has 0 amide bonds. The van der Waals surface area contributed by atoms with Gasteiger partial charge in [-0.2, -0.15) is 4.31 Å². The standard InChI is InChI=1S/C12H17ClN2O2S/c1-18(16,17)15-8-2-3-11(15)5-4-10-6-7-14-12(13)9-10/h6-7,9,11H,2-5,8H2,1H3/t11-/m0/s1. The summed E-state index contributed by atoms with van der Waals surface area (Å²) in [6.07, 6.45) is 6.54. The molecule has 2 rings (SSSR count). The minimum atomic E-state index is -3.07. The second kappa shape index (κ2) is 5.55. The highest BCUT2D eigenvalue weighted by Gasteiger charge is 2.30. The van der Waals surface area contributed by atoms with E-state index in [9.17, 15) is 8.42 Å². The van der Waals surface area contributed by atoms with Crippen molar-refractivity contribution in [2.45, 2.75) is 31.7 Å². The van der Waals surface area contributed by atoms with E-state index < -0.39 is 10.0 Å². The van der Waals surface area contributed by atoms with E-state index in [0.29, 0.717) is 11.7 Å². The number of aromatic nitrogens is 1. The van der Waals surface area contributed by atoms with Gasteiger partial charge >= 0.3 is 0 Å². The number of pyridine rings is 1. The summed E-state index contributed by atoms with van der Waals surface area (Å²) < 4.78 is 24.8. The van der Waals surface area contributed by atoms with Crippen molar-refractivity contribution >= 4 is 21.6 Å².